The van der Waals surface area contributed by atoms with E-state index in [9.17, 15) is 0 Å². The van der Waals surface area contributed by atoms with Gasteiger partial charge in [-0.3, -0.25) is 0 Å². The first-order valence-corrected chi connectivity index (χ1v) is 5.01. The Balaban J connectivity index is 3.19. The maximum Gasteiger partial charge on any atom is 0.122 e. The quantitative estimate of drug-likeness (QED) is 0.707. The molecule has 0 heterocycles. The molecule has 2 heteroatoms. The van der Waals surface area contributed by atoms with Gasteiger partial charge >= 0.3 is 0 Å². The summed E-state index contributed by atoms with van der Waals surface area (Å²) in [7, 11) is 1.71. The van der Waals surface area contributed by atoms with Gasteiger partial charge in [-0.25, -0.2) is 0 Å². The van der Waals surface area contributed by atoms with E-state index in [1.807, 2.05) is 0 Å². The topological polar surface area (TPSA) is 9.23 Å². The molecule has 0 aliphatic heterocycles. The molecular formula is C10H13BrO. The van der Waals surface area contributed by atoms with Crippen molar-refractivity contribution in [2.24, 2.45) is 0 Å². The lowest BCUT2D eigenvalue weighted by Crippen LogP contribution is -1.92. The van der Waals surface area contributed by atoms with E-state index in [1.54, 1.807) is 7.11 Å². The molecule has 0 unspecified atom stereocenters. The second-order valence-electron chi connectivity index (χ2n) is 2.87. The number of methoxy groups -OCH3 is 1. The number of hydrogen-bond donors (Lipinski definition) is 0. The van der Waals surface area contributed by atoms with Crippen molar-refractivity contribution in [1.82, 2.24) is 0 Å². The van der Waals surface area contributed by atoms with E-state index >= 15 is 0 Å². The van der Waals surface area contributed by atoms with Gasteiger partial charge in [0.2, 0.25) is 0 Å². The highest BCUT2D eigenvalue weighted by atomic mass is 79.9. The molecule has 0 atom stereocenters. The second-order valence-corrected chi connectivity index (χ2v) is 3.43. The molecule has 0 N–H and O–H groups in total. The molecule has 0 amide bonds. The first kappa shape index (κ1) is 9.59. The van der Waals surface area contributed by atoms with E-state index in [2.05, 4.69) is 41.9 Å². The maximum absolute atomic E-state index is 5.25. The standard InChI is InChI=1S/C10H13BrO/c1-7-4-9(6-11)5-10(12-3)8(7)2/h4-5H,6H2,1-3H3. The van der Waals surface area contributed by atoms with Gasteiger partial charge in [-0.1, -0.05) is 22.0 Å². The number of alkyl halides is 1. The summed E-state index contributed by atoms with van der Waals surface area (Å²) in [5, 5.41) is 0.879. The molecule has 1 nitrogen and oxygen atoms in total. The summed E-state index contributed by atoms with van der Waals surface area (Å²) in [5.41, 5.74) is 3.76. The zero-order chi connectivity index (χ0) is 9.14. The van der Waals surface area contributed by atoms with Gasteiger partial charge in [0.1, 0.15) is 5.75 Å². The molecule has 0 saturated heterocycles. The summed E-state index contributed by atoms with van der Waals surface area (Å²) in [6.45, 7) is 4.18. The average Bonchev–Trinajstić information content (AvgIpc) is 2.09. The fourth-order valence-electron chi connectivity index (χ4n) is 1.19. The minimum atomic E-state index is 0.879. The van der Waals surface area contributed by atoms with Gasteiger partial charge in [0.25, 0.3) is 0 Å². The number of benzene rings is 1. The van der Waals surface area contributed by atoms with Crippen molar-refractivity contribution in [3.8, 4) is 5.75 Å². The van der Waals surface area contributed by atoms with Crippen LogP contribution in [0.25, 0.3) is 0 Å². The van der Waals surface area contributed by atoms with Gasteiger partial charge in [-0.05, 0) is 36.6 Å². The highest BCUT2D eigenvalue weighted by molar-refractivity contribution is 9.08. The van der Waals surface area contributed by atoms with Crippen molar-refractivity contribution in [1.29, 1.82) is 0 Å². The van der Waals surface area contributed by atoms with E-state index in [0.717, 1.165) is 11.1 Å². The van der Waals surface area contributed by atoms with Crippen LogP contribution in [0.1, 0.15) is 16.7 Å². The fourth-order valence-corrected chi connectivity index (χ4v) is 1.51. The molecule has 12 heavy (non-hydrogen) atoms. The van der Waals surface area contributed by atoms with Crippen LogP contribution >= 0.6 is 15.9 Å². The Bertz CT molecular complexity index is 281. The summed E-state index contributed by atoms with van der Waals surface area (Å²) >= 11 is 3.42. The average molecular weight is 229 g/mol. The summed E-state index contributed by atoms with van der Waals surface area (Å²) in [6, 6.07) is 4.24. The van der Waals surface area contributed by atoms with Crippen LogP contribution in [-0.4, -0.2) is 7.11 Å². The lowest BCUT2D eigenvalue weighted by Gasteiger charge is -2.09. The van der Waals surface area contributed by atoms with Crippen LogP contribution in [0.4, 0.5) is 0 Å². The minimum Gasteiger partial charge on any atom is -0.496 e. The van der Waals surface area contributed by atoms with Gasteiger partial charge in [-0.2, -0.15) is 0 Å². The summed E-state index contributed by atoms with van der Waals surface area (Å²) in [4.78, 5) is 0. The van der Waals surface area contributed by atoms with Crippen LogP contribution in [0.15, 0.2) is 12.1 Å². The Hall–Kier alpha value is -0.500. The fraction of sp³-hybridized carbons (Fsp3) is 0.400. The highest BCUT2D eigenvalue weighted by Crippen LogP contribution is 2.24. The van der Waals surface area contributed by atoms with E-state index in [0.29, 0.717) is 0 Å². The Morgan fingerprint density at radius 1 is 1.33 bits per heavy atom. The summed E-state index contributed by atoms with van der Waals surface area (Å²) < 4.78 is 5.25. The van der Waals surface area contributed by atoms with Crippen molar-refractivity contribution >= 4 is 15.9 Å². The van der Waals surface area contributed by atoms with Gasteiger partial charge in [-0.15, -0.1) is 0 Å². The van der Waals surface area contributed by atoms with Crippen molar-refractivity contribution in [2.75, 3.05) is 7.11 Å². The number of halogens is 1. The molecule has 1 aromatic rings. The molecule has 66 valence electrons. The zero-order valence-electron chi connectivity index (χ0n) is 7.65. The lowest BCUT2D eigenvalue weighted by atomic mass is 10.1. The minimum absolute atomic E-state index is 0.879. The third kappa shape index (κ3) is 1.81. The normalized spacial score (nSPS) is 10.0. The lowest BCUT2D eigenvalue weighted by molar-refractivity contribution is 0.411. The van der Waals surface area contributed by atoms with E-state index in [1.165, 1.54) is 16.7 Å². The number of aryl methyl sites for hydroxylation is 1. The van der Waals surface area contributed by atoms with Gasteiger partial charge < -0.3 is 4.74 Å². The first-order valence-electron chi connectivity index (χ1n) is 3.89. The Kier molecular flexibility index (Phi) is 3.15. The van der Waals surface area contributed by atoms with Crippen molar-refractivity contribution < 1.29 is 4.74 Å². The monoisotopic (exact) mass is 228 g/mol. The van der Waals surface area contributed by atoms with Crippen LogP contribution in [0.3, 0.4) is 0 Å². The Morgan fingerprint density at radius 2 is 2.00 bits per heavy atom. The van der Waals surface area contributed by atoms with Gasteiger partial charge in [0.15, 0.2) is 0 Å². The van der Waals surface area contributed by atoms with Crippen LogP contribution in [0.2, 0.25) is 0 Å². The van der Waals surface area contributed by atoms with Crippen molar-refractivity contribution in [2.45, 2.75) is 19.2 Å². The smallest absolute Gasteiger partial charge is 0.122 e. The predicted octanol–water partition coefficient (Wildman–Crippen LogP) is 3.21. The molecule has 0 aliphatic rings. The third-order valence-electron chi connectivity index (χ3n) is 2.05. The van der Waals surface area contributed by atoms with Crippen LogP contribution in [-0.2, 0) is 5.33 Å². The molecular weight excluding hydrogens is 216 g/mol. The molecule has 1 rings (SSSR count). The number of rotatable bonds is 2. The second kappa shape index (κ2) is 3.94. The van der Waals surface area contributed by atoms with Crippen LogP contribution in [0.5, 0.6) is 5.75 Å². The molecule has 0 radical (unpaired) electrons. The molecule has 0 spiro atoms. The van der Waals surface area contributed by atoms with Crippen molar-refractivity contribution in [3.05, 3.63) is 28.8 Å². The number of ether oxygens (including phenoxy) is 1. The molecule has 0 saturated carbocycles. The maximum atomic E-state index is 5.25. The van der Waals surface area contributed by atoms with Crippen LogP contribution in [0, 0.1) is 13.8 Å². The third-order valence-corrected chi connectivity index (χ3v) is 2.70. The highest BCUT2D eigenvalue weighted by Gasteiger charge is 2.02. The zero-order valence-corrected chi connectivity index (χ0v) is 9.23. The summed E-state index contributed by atoms with van der Waals surface area (Å²) in [5.74, 6) is 0.976. The summed E-state index contributed by atoms with van der Waals surface area (Å²) in [6.07, 6.45) is 0. The molecule has 1 aromatic carbocycles. The Morgan fingerprint density at radius 3 is 2.50 bits per heavy atom. The van der Waals surface area contributed by atoms with Gasteiger partial charge in [0.05, 0.1) is 7.11 Å². The predicted molar refractivity (Wildman–Crippen MR) is 55.1 cm³/mol. The largest absolute Gasteiger partial charge is 0.496 e. The molecule has 0 fully saturated rings. The van der Waals surface area contributed by atoms with Crippen molar-refractivity contribution in [3.63, 3.8) is 0 Å². The van der Waals surface area contributed by atoms with E-state index < -0.39 is 0 Å². The van der Waals surface area contributed by atoms with Crippen LogP contribution < -0.4 is 4.74 Å². The molecule has 0 aliphatic carbocycles. The van der Waals surface area contributed by atoms with Gasteiger partial charge in [0, 0.05) is 5.33 Å². The van der Waals surface area contributed by atoms with E-state index in [4.69, 9.17) is 4.74 Å². The first-order chi connectivity index (χ1) is 5.69. The Labute approximate surface area is 81.9 Å². The SMILES string of the molecule is COc1cc(CBr)cc(C)c1C. The molecule has 0 bridgehead atoms. The number of hydrogen-bond acceptors (Lipinski definition) is 1. The van der Waals surface area contributed by atoms with E-state index in [-0.39, 0.29) is 0 Å². The molecule has 0 aromatic heterocycles.